The maximum Gasteiger partial charge on any atom is 0.226 e. The molecule has 0 radical (unpaired) electrons. The standard InChI is InChI=1S/C28H35NO6/c1-25(2)18-27(5,17-20(29-6)24(25)32)14-13-23(31)26(3,4)28(34-8,35-9)15-12-19-10-11-21(30)22(16-19)33-7/h10-17,30H,18H2,1-5,7-9H3/t27-/m0/s1. The van der Waals surface area contributed by atoms with Gasteiger partial charge >= 0.3 is 0 Å². The van der Waals surface area contributed by atoms with E-state index in [-0.39, 0.29) is 23.0 Å². The van der Waals surface area contributed by atoms with E-state index in [0.717, 1.165) is 5.56 Å². The molecule has 0 spiro atoms. The zero-order valence-corrected chi connectivity index (χ0v) is 21.8. The Morgan fingerprint density at radius 3 is 2.34 bits per heavy atom. The number of ketones is 2. The molecule has 0 amide bonds. The SMILES string of the molecule is [C-]#[N+]C1=C[C@](C)(C=CC(=O)C(C)(C)C(C=Cc2ccc(O)c(OC)c2)(OC)OC)CC(C)(C)C1=O. The second-order valence-electron chi connectivity index (χ2n) is 10.2. The number of phenols is 1. The molecule has 188 valence electrons. The van der Waals surface area contributed by atoms with Crippen molar-refractivity contribution in [1.82, 2.24) is 0 Å². The lowest BCUT2D eigenvalue weighted by Gasteiger charge is -2.41. The number of methoxy groups -OCH3 is 3. The molecule has 0 aliphatic heterocycles. The van der Waals surface area contributed by atoms with E-state index in [1.165, 1.54) is 33.5 Å². The highest BCUT2D eigenvalue weighted by Gasteiger charge is 2.49. The number of ether oxygens (including phenoxy) is 3. The number of hydrogen-bond acceptors (Lipinski definition) is 6. The zero-order valence-electron chi connectivity index (χ0n) is 21.8. The van der Waals surface area contributed by atoms with Crippen LogP contribution in [-0.4, -0.2) is 43.8 Å². The summed E-state index contributed by atoms with van der Waals surface area (Å²) in [5.41, 5.74) is -1.67. The molecular weight excluding hydrogens is 446 g/mol. The Morgan fingerprint density at radius 2 is 1.80 bits per heavy atom. The van der Waals surface area contributed by atoms with Gasteiger partial charge in [0.1, 0.15) is 0 Å². The molecule has 0 aromatic heterocycles. The summed E-state index contributed by atoms with van der Waals surface area (Å²) < 4.78 is 16.6. The minimum atomic E-state index is -1.40. The third-order valence-corrected chi connectivity index (χ3v) is 6.67. The quantitative estimate of drug-likeness (QED) is 0.290. The molecule has 0 saturated carbocycles. The van der Waals surface area contributed by atoms with Crippen molar-refractivity contribution < 1.29 is 28.9 Å². The van der Waals surface area contributed by atoms with Crippen LogP contribution in [0, 0.1) is 22.8 Å². The number of benzene rings is 1. The number of Topliss-reactive ketones (excluding diaryl/α,β-unsaturated/α-hetero) is 1. The normalized spacial score (nSPS) is 20.7. The van der Waals surface area contributed by atoms with E-state index in [0.29, 0.717) is 12.2 Å². The molecule has 2 rings (SSSR count). The summed E-state index contributed by atoms with van der Waals surface area (Å²) in [6.45, 7) is 16.4. The highest BCUT2D eigenvalue weighted by molar-refractivity contribution is 6.02. The average molecular weight is 482 g/mol. The smallest absolute Gasteiger partial charge is 0.226 e. The summed E-state index contributed by atoms with van der Waals surface area (Å²) in [6, 6.07) is 4.87. The van der Waals surface area contributed by atoms with Crippen molar-refractivity contribution in [3.8, 4) is 11.5 Å². The molecule has 1 aliphatic rings. The van der Waals surface area contributed by atoms with Crippen molar-refractivity contribution in [2.24, 2.45) is 16.2 Å². The fourth-order valence-electron chi connectivity index (χ4n) is 4.59. The summed E-state index contributed by atoms with van der Waals surface area (Å²) in [7, 11) is 4.39. The van der Waals surface area contributed by atoms with Gasteiger partial charge in [-0.2, -0.15) is 0 Å². The van der Waals surface area contributed by atoms with Gasteiger partial charge in [0.25, 0.3) is 0 Å². The van der Waals surface area contributed by atoms with Crippen molar-refractivity contribution in [2.45, 2.75) is 46.8 Å². The fourth-order valence-corrected chi connectivity index (χ4v) is 4.59. The Kier molecular flexibility index (Phi) is 8.16. The molecule has 0 fully saturated rings. The topological polar surface area (TPSA) is 86.4 Å². The summed E-state index contributed by atoms with van der Waals surface area (Å²) in [5, 5.41) is 9.83. The molecule has 1 N–H and O–H groups in total. The van der Waals surface area contributed by atoms with Gasteiger partial charge in [0.05, 0.1) is 19.1 Å². The van der Waals surface area contributed by atoms with Crippen molar-refractivity contribution in [3.05, 3.63) is 65.2 Å². The van der Waals surface area contributed by atoms with Gasteiger partial charge in [-0.05, 0) is 55.5 Å². The number of hydrogen-bond donors (Lipinski definition) is 1. The first kappa shape index (κ1) is 28.0. The van der Waals surface area contributed by atoms with E-state index in [1.54, 1.807) is 50.3 Å². The number of aromatic hydroxyl groups is 1. The van der Waals surface area contributed by atoms with Crippen molar-refractivity contribution in [3.63, 3.8) is 0 Å². The Morgan fingerprint density at radius 1 is 1.17 bits per heavy atom. The van der Waals surface area contributed by atoms with Gasteiger partial charge in [-0.25, -0.2) is 4.85 Å². The van der Waals surface area contributed by atoms with Gasteiger partial charge in [0.2, 0.25) is 5.70 Å². The Bertz CT molecular complexity index is 1110. The van der Waals surface area contributed by atoms with Gasteiger partial charge < -0.3 is 24.1 Å². The van der Waals surface area contributed by atoms with Crippen LogP contribution in [0.5, 0.6) is 11.5 Å². The first-order valence-corrected chi connectivity index (χ1v) is 11.3. The number of carbonyl (C=O) groups excluding carboxylic acids is 2. The largest absolute Gasteiger partial charge is 0.504 e. The molecule has 1 aromatic carbocycles. The van der Waals surface area contributed by atoms with E-state index in [9.17, 15) is 14.7 Å². The van der Waals surface area contributed by atoms with E-state index in [1.807, 2.05) is 20.8 Å². The van der Waals surface area contributed by atoms with Crippen LogP contribution < -0.4 is 4.74 Å². The van der Waals surface area contributed by atoms with Crippen LogP contribution in [0.2, 0.25) is 0 Å². The fraction of sp³-hybridized carbons (Fsp3) is 0.464. The molecule has 0 unspecified atom stereocenters. The van der Waals surface area contributed by atoms with Crippen LogP contribution in [0.15, 0.2) is 48.2 Å². The van der Waals surface area contributed by atoms with Crippen LogP contribution in [0.4, 0.5) is 0 Å². The lowest BCUT2D eigenvalue weighted by molar-refractivity contribution is -0.227. The minimum absolute atomic E-state index is 0.0200. The number of allylic oxidation sites excluding steroid dienone is 4. The second-order valence-corrected chi connectivity index (χ2v) is 10.2. The van der Waals surface area contributed by atoms with Gasteiger partial charge in [-0.1, -0.05) is 45.1 Å². The van der Waals surface area contributed by atoms with Crippen LogP contribution in [0.1, 0.15) is 46.6 Å². The molecule has 1 aliphatic carbocycles. The lowest BCUT2D eigenvalue weighted by Crippen LogP contribution is -2.50. The van der Waals surface area contributed by atoms with E-state index >= 15 is 0 Å². The highest BCUT2D eigenvalue weighted by atomic mass is 16.7. The number of rotatable bonds is 9. The third kappa shape index (κ3) is 5.55. The Hall–Kier alpha value is -3.21. The van der Waals surface area contributed by atoms with Gasteiger partial charge in [0, 0.05) is 19.6 Å². The van der Waals surface area contributed by atoms with Crippen molar-refractivity contribution in [1.29, 1.82) is 0 Å². The van der Waals surface area contributed by atoms with Crippen LogP contribution >= 0.6 is 0 Å². The number of phenolic OH excluding ortho intramolecular Hbond substituents is 1. The predicted molar refractivity (Wildman–Crippen MR) is 135 cm³/mol. The molecule has 1 atom stereocenters. The molecule has 0 saturated heterocycles. The van der Waals surface area contributed by atoms with E-state index in [2.05, 4.69) is 4.85 Å². The number of carbonyl (C=O) groups is 2. The average Bonchev–Trinajstić information content (AvgIpc) is 2.81. The van der Waals surface area contributed by atoms with Crippen molar-refractivity contribution in [2.75, 3.05) is 21.3 Å². The molecule has 35 heavy (non-hydrogen) atoms. The molecule has 0 heterocycles. The molecule has 7 heteroatoms. The minimum Gasteiger partial charge on any atom is -0.504 e. The number of nitrogens with zero attached hydrogens (tertiary/aromatic N) is 1. The van der Waals surface area contributed by atoms with Crippen LogP contribution in [0.25, 0.3) is 10.9 Å². The highest BCUT2D eigenvalue weighted by Crippen LogP contribution is 2.45. The molecule has 0 bridgehead atoms. The maximum atomic E-state index is 13.5. The van der Waals surface area contributed by atoms with Gasteiger partial charge in [0.15, 0.2) is 28.9 Å². The molecule has 7 nitrogen and oxygen atoms in total. The summed E-state index contributed by atoms with van der Waals surface area (Å²) in [6.07, 6.45) is 8.74. The monoisotopic (exact) mass is 481 g/mol. The zero-order chi connectivity index (χ0) is 26.7. The lowest BCUT2D eigenvalue weighted by atomic mass is 9.66. The Balaban J connectivity index is 2.40. The Labute approximate surface area is 207 Å². The van der Waals surface area contributed by atoms with Gasteiger partial charge in [-0.15, -0.1) is 0 Å². The van der Waals surface area contributed by atoms with E-state index < -0.39 is 22.0 Å². The predicted octanol–water partition coefficient (Wildman–Crippen LogP) is 5.36. The van der Waals surface area contributed by atoms with Crippen molar-refractivity contribution >= 4 is 17.6 Å². The van der Waals surface area contributed by atoms with Crippen LogP contribution in [0.3, 0.4) is 0 Å². The third-order valence-electron chi connectivity index (χ3n) is 6.67. The van der Waals surface area contributed by atoms with E-state index in [4.69, 9.17) is 20.8 Å². The molecular formula is C28H35NO6. The molecule has 1 aromatic rings. The van der Waals surface area contributed by atoms with Crippen LogP contribution in [-0.2, 0) is 19.1 Å². The maximum absolute atomic E-state index is 13.5. The summed E-state index contributed by atoms with van der Waals surface area (Å²) in [4.78, 5) is 29.4. The first-order valence-electron chi connectivity index (χ1n) is 11.3. The summed E-state index contributed by atoms with van der Waals surface area (Å²) >= 11 is 0. The first-order chi connectivity index (χ1) is 16.2. The second kappa shape index (κ2) is 10.2. The van der Waals surface area contributed by atoms with Gasteiger partial charge in [-0.3, -0.25) is 4.79 Å². The summed E-state index contributed by atoms with van der Waals surface area (Å²) in [5.74, 6) is -1.49.